The van der Waals surface area contributed by atoms with Gasteiger partial charge in [0, 0.05) is 0 Å². The molecule has 0 aromatic heterocycles. The molecule has 1 aromatic rings. The van der Waals surface area contributed by atoms with Crippen LogP contribution < -0.4 is 4.74 Å². The molecule has 1 aliphatic rings. The molecule has 1 fully saturated rings. The lowest BCUT2D eigenvalue weighted by Gasteiger charge is -2.26. The Morgan fingerprint density at radius 3 is 2.47 bits per heavy atom. The summed E-state index contributed by atoms with van der Waals surface area (Å²) in [7, 11) is 1.68. The zero-order valence-electron chi connectivity index (χ0n) is 11.2. The zero-order chi connectivity index (χ0) is 12.6. The van der Waals surface area contributed by atoms with Crippen LogP contribution in [0.2, 0.25) is 0 Å². The first-order chi connectivity index (χ1) is 7.94. The first-order valence-electron chi connectivity index (χ1n) is 6.32. The first kappa shape index (κ1) is 12.4. The summed E-state index contributed by atoms with van der Waals surface area (Å²) in [6, 6.07) is 4.09. The summed E-state index contributed by atoms with van der Waals surface area (Å²) in [5.74, 6) is 1.61. The number of methoxy groups -OCH3 is 1. The molecule has 17 heavy (non-hydrogen) atoms. The molecule has 1 aliphatic carbocycles. The normalized spacial score (nSPS) is 18.9. The highest BCUT2D eigenvalue weighted by Gasteiger charge is 2.34. The summed E-state index contributed by atoms with van der Waals surface area (Å²) in [5, 5.41) is 10.6. The molecule has 0 spiro atoms. The molecular formula is C15H22O2. The van der Waals surface area contributed by atoms with Crippen molar-refractivity contribution < 1.29 is 9.84 Å². The minimum atomic E-state index is -0.706. The van der Waals surface area contributed by atoms with Crippen molar-refractivity contribution in [3.8, 4) is 5.75 Å². The van der Waals surface area contributed by atoms with Crippen LogP contribution in [0.25, 0.3) is 0 Å². The predicted molar refractivity (Wildman–Crippen MR) is 69.4 cm³/mol. The van der Waals surface area contributed by atoms with E-state index in [9.17, 15) is 5.11 Å². The van der Waals surface area contributed by atoms with E-state index in [1.54, 1.807) is 7.11 Å². The molecule has 0 radical (unpaired) electrons. The molecule has 0 bridgehead atoms. The Morgan fingerprint density at radius 2 is 1.94 bits per heavy atom. The van der Waals surface area contributed by atoms with Gasteiger partial charge in [0.2, 0.25) is 0 Å². The summed E-state index contributed by atoms with van der Waals surface area (Å²) < 4.78 is 5.31. The lowest BCUT2D eigenvalue weighted by Crippen LogP contribution is -2.23. The fourth-order valence-corrected chi connectivity index (χ4v) is 2.58. The Balaban J connectivity index is 2.33. The van der Waals surface area contributed by atoms with Crippen molar-refractivity contribution in [2.45, 2.75) is 45.6 Å². The van der Waals surface area contributed by atoms with Crippen LogP contribution in [-0.4, -0.2) is 12.2 Å². The molecule has 1 saturated carbocycles. The van der Waals surface area contributed by atoms with Crippen molar-refractivity contribution in [1.29, 1.82) is 0 Å². The summed E-state index contributed by atoms with van der Waals surface area (Å²) in [6.07, 6.45) is 3.41. The Bertz CT molecular complexity index is 417. The van der Waals surface area contributed by atoms with E-state index in [1.807, 2.05) is 26.8 Å². The van der Waals surface area contributed by atoms with E-state index in [4.69, 9.17) is 4.74 Å². The van der Waals surface area contributed by atoms with E-state index in [1.165, 1.54) is 12.8 Å². The molecule has 0 aliphatic heterocycles. The summed E-state index contributed by atoms with van der Waals surface area (Å²) in [5.41, 5.74) is 2.53. The van der Waals surface area contributed by atoms with E-state index in [-0.39, 0.29) is 0 Å². The highest BCUT2D eigenvalue weighted by atomic mass is 16.5. The fraction of sp³-hybridized carbons (Fsp3) is 0.600. The number of aryl methyl sites for hydroxylation is 2. The van der Waals surface area contributed by atoms with Crippen LogP contribution in [0, 0.1) is 19.8 Å². The molecule has 0 saturated heterocycles. The van der Waals surface area contributed by atoms with Crippen LogP contribution in [0.1, 0.15) is 42.9 Å². The largest absolute Gasteiger partial charge is 0.496 e. The SMILES string of the molecule is COc1cc(C)c(C(C)(O)CC2CC2)cc1C. The number of ether oxygens (including phenoxy) is 1. The predicted octanol–water partition coefficient (Wildman–Crippen LogP) is 3.32. The smallest absolute Gasteiger partial charge is 0.122 e. The summed E-state index contributed by atoms with van der Waals surface area (Å²) in [4.78, 5) is 0. The summed E-state index contributed by atoms with van der Waals surface area (Å²) in [6.45, 7) is 5.99. The topological polar surface area (TPSA) is 29.5 Å². The van der Waals surface area contributed by atoms with Gasteiger partial charge >= 0.3 is 0 Å². The maximum atomic E-state index is 10.6. The minimum Gasteiger partial charge on any atom is -0.496 e. The Labute approximate surface area is 104 Å². The van der Waals surface area contributed by atoms with Gasteiger partial charge in [-0.1, -0.05) is 12.8 Å². The van der Waals surface area contributed by atoms with Crippen molar-refractivity contribution in [2.75, 3.05) is 7.11 Å². The molecular weight excluding hydrogens is 212 g/mol. The molecule has 1 N–H and O–H groups in total. The lowest BCUT2D eigenvalue weighted by molar-refractivity contribution is 0.0410. The average molecular weight is 234 g/mol. The average Bonchev–Trinajstić information content (AvgIpc) is 3.03. The molecule has 1 aromatic carbocycles. The number of hydrogen-bond donors (Lipinski definition) is 1. The first-order valence-corrected chi connectivity index (χ1v) is 6.32. The Hall–Kier alpha value is -1.02. The third-order valence-electron chi connectivity index (χ3n) is 3.71. The second kappa shape index (κ2) is 4.34. The van der Waals surface area contributed by atoms with Crippen LogP contribution in [0.3, 0.4) is 0 Å². The van der Waals surface area contributed by atoms with Gasteiger partial charge < -0.3 is 9.84 Å². The standard InChI is InChI=1S/C15H22O2/c1-10-8-14(17-4)11(2)7-13(10)15(3,16)9-12-5-6-12/h7-8,12,16H,5-6,9H2,1-4H3. The number of rotatable bonds is 4. The second-order valence-corrected chi connectivity index (χ2v) is 5.56. The van der Waals surface area contributed by atoms with E-state index >= 15 is 0 Å². The molecule has 0 amide bonds. The second-order valence-electron chi connectivity index (χ2n) is 5.56. The third-order valence-corrected chi connectivity index (χ3v) is 3.71. The lowest BCUT2D eigenvalue weighted by atomic mass is 9.86. The Morgan fingerprint density at radius 1 is 1.29 bits per heavy atom. The van der Waals surface area contributed by atoms with Crippen molar-refractivity contribution >= 4 is 0 Å². The van der Waals surface area contributed by atoms with E-state index in [0.29, 0.717) is 5.92 Å². The van der Waals surface area contributed by atoms with E-state index < -0.39 is 5.60 Å². The molecule has 1 unspecified atom stereocenters. The van der Waals surface area contributed by atoms with Gasteiger partial charge in [-0.2, -0.15) is 0 Å². The molecule has 0 heterocycles. The van der Waals surface area contributed by atoms with Crippen LogP contribution in [-0.2, 0) is 5.60 Å². The van der Waals surface area contributed by atoms with Gasteiger partial charge in [0.25, 0.3) is 0 Å². The maximum absolute atomic E-state index is 10.6. The monoisotopic (exact) mass is 234 g/mol. The number of benzene rings is 1. The van der Waals surface area contributed by atoms with Crippen molar-refractivity contribution in [2.24, 2.45) is 5.92 Å². The van der Waals surface area contributed by atoms with E-state index in [0.717, 1.165) is 28.9 Å². The number of aliphatic hydroxyl groups is 1. The minimum absolute atomic E-state index is 0.706. The quantitative estimate of drug-likeness (QED) is 0.866. The highest BCUT2D eigenvalue weighted by Crippen LogP contribution is 2.42. The van der Waals surface area contributed by atoms with Gasteiger partial charge in [-0.3, -0.25) is 0 Å². The summed E-state index contributed by atoms with van der Waals surface area (Å²) >= 11 is 0. The van der Waals surface area contributed by atoms with Crippen LogP contribution in [0.4, 0.5) is 0 Å². The van der Waals surface area contributed by atoms with Crippen molar-refractivity contribution in [1.82, 2.24) is 0 Å². The van der Waals surface area contributed by atoms with Crippen LogP contribution >= 0.6 is 0 Å². The van der Waals surface area contributed by atoms with Crippen LogP contribution in [0.5, 0.6) is 5.75 Å². The molecule has 1 atom stereocenters. The van der Waals surface area contributed by atoms with Crippen molar-refractivity contribution in [3.05, 3.63) is 28.8 Å². The van der Waals surface area contributed by atoms with Gasteiger partial charge in [0.15, 0.2) is 0 Å². The highest BCUT2D eigenvalue weighted by molar-refractivity contribution is 5.43. The fourth-order valence-electron chi connectivity index (χ4n) is 2.58. The maximum Gasteiger partial charge on any atom is 0.122 e. The number of hydrogen-bond acceptors (Lipinski definition) is 2. The Kier molecular flexibility index (Phi) is 3.17. The van der Waals surface area contributed by atoms with Gasteiger partial charge in [-0.05, 0) is 61.9 Å². The van der Waals surface area contributed by atoms with Gasteiger partial charge in [0.1, 0.15) is 5.75 Å². The van der Waals surface area contributed by atoms with Gasteiger partial charge in [-0.25, -0.2) is 0 Å². The van der Waals surface area contributed by atoms with Crippen LogP contribution in [0.15, 0.2) is 12.1 Å². The van der Waals surface area contributed by atoms with Gasteiger partial charge in [0.05, 0.1) is 12.7 Å². The molecule has 2 nitrogen and oxygen atoms in total. The molecule has 2 heteroatoms. The zero-order valence-corrected chi connectivity index (χ0v) is 11.2. The molecule has 2 rings (SSSR count). The van der Waals surface area contributed by atoms with E-state index in [2.05, 4.69) is 6.07 Å². The van der Waals surface area contributed by atoms with Crippen molar-refractivity contribution in [3.63, 3.8) is 0 Å². The third kappa shape index (κ3) is 2.63. The van der Waals surface area contributed by atoms with Gasteiger partial charge in [-0.15, -0.1) is 0 Å². The molecule has 94 valence electrons.